The van der Waals surface area contributed by atoms with Gasteiger partial charge in [0.25, 0.3) is 10.1 Å². The molecule has 1 N–H and O–H groups in total. The van der Waals surface area contributed by atoms with E-state index < -0.39 is 10.1 Å². The third kappa shape index (κ3) is 2.06. The van der Waals surface area contributed by atoms with Gasteiger partial charge in [0.1, 0.15) is 0 Å². The second-order valence-corrected chi connectivity index (χ2v) is 4.00. The Morgan fingerprint density at radius 2 is 2.33 bits per heavy atom. The highest BCUT2D eigenvalue weighted by Gasteiger charge is 2.14. The van der Waals surface area contributed by atoms with Crippen molar-refractivity contribution in [3.63, 3.8) is 0 Å². The fourth-order valence-corrected chi connectivity index (χ4v) is 1.54. The van der Waals surface area contributed by atoms with E-state index in [1.807, 2.05) is 0 Å². The van der Waals surface area contributed by atoms with Crippen LogP contribution < -0.4 is 0 Å². The van der Waals surface area contributed by atoms with Crippen LogP contribution in [0.4, 0.5) is 0 Å². The molecule has 0 aromatic rings. The molecule has 0 saturated heterocycles. The predicted octanol–water partition coefficient (Wildman–Crippen LogP) is 1.52. The zero-order valence-corrected chi connectivity index (χ0v) is 7.29. The van der Waals surface area contributed by atoms with Crippen LogP contribution in [0, 0.1) is 5.92 Å². The molecule has 1 aliphatic rings. The van der Waals surface area contributed by atoms with Crippen molar-refractivity contribution in [2.45, 2.75) is 6.42 Å². The van der Waals surface area contributed by atoms with Crippen LogP contribution in [0.2, 0.25) is 0 Å². The highest BCUT2D eigenvalue weighted by atomic mass is 32.2. The molecule has 0 spiro atoms. The molecule has 0 radical (unpaired) electrons. The van der Waals surface area contributed by atoms with Crippen molar-refractivity contribution < 1.29 is 13.0 Å². The molecule has 1 atom stereocenters. The molecule has 66 valence electrons. The van der Waals surface area contributed by atoms with Gasteiger partial charge in [-0.25, -0.2) is 0 Å². The zero-order valence-electron chi connectivity index (χ0n) is 6.47. The summed E-state index contributed by atoms with van der Waals surface area (Å²) in [5, 5.41) is 0. The summed E-state index contributed by atoms with van der Waals surface area (Å²) in [5.74, 6) is 0.176. The van der Waals surface area contributed by atoms with E-state index in [9.17, 15) is 8.42 Å². The van der Waals surface area contributed by atoms with Gasteiger partial charge < -0.3 is 0 Å². The van der Waals surface area contributed by atoms with Crippen LogP contribution in [-0.2, 0) is 10.1 Å². The van der Waals surface area contributed by atoms with Crippen molar-refractivity contribution in [2.75, 3.05) is 0 Å². The molecule has 1 unspecified atom stereocenters. The van der Waals surface area contributed by atoms with Crippen molar-refractivity contribution in [1.29, 1.82) is 0 Å². The Balaban J connectivity index is 2.84. The van der Waals surface area contributed by atoms with Gasteiger partial charge in [-0.1, -0.05) is 18.2 Å². The monoisotopic (exact) mass is 186 g/mol. The molecule has 0 aromatic heterocycles. The Morgan fingerprint density at radius 3 is 2.67 bits per heavy atom. The largest absolute Gasteiger partial charge is 0.294 e. The summed E-state index contributed by atoms with van der Waals surface area (Å²) < 4.78 is 29.8. The van der Waals surface area contributed by atoms with E-state index in [1.165, 1.54) is 12.2 Å². The molecule has 0 bridgehead atoms. The van der Waals surface area contributed by atoms with Crippen LogP contribution in [-0.4, -0.2) is 13.0 Å². The topological polar surface area (TPSA) is 54.4 Å². The SMILES string of the molecule is C=CC1C=CC(S(=O)(=O)O)=CC1. The minimum absolute atomic E-state index is 0.0272. The predicted molar refractivity (Wildman–Crippen MR) is 47.1 cm³/mol. The molecular formula is C8H10O3S. The van der Waals surface area contributed by atoms with Gasteiger partial charge >= 0.3 is 0 Å². The van der Waals surface area contributed by atoms with E-state index in [0.717, 1.165) is 0 Å². The second-order valence-electron chi connectivity index (χ2n) is 2.58. The summed E-state index contributed by atoms with van der Waals surface area (Å²) in [4.78, 5) is -0.0272. The first kappa shape index (κ1) is 9.22. The first-order valence-corrected chi connectivity index (χ1v) is 4.96. The molecular weight excluding hydrogens is 176 g/mol. The lowest BCUT2D eigenvalue weighted by atomic mass is 10.0. The van der Waals surface area contributed by atoms with Gasteiger partial charge in [-0.2, -0.15) is 8.42 Å². The normalized spacial score (nSPS) is 23.4. The minimum atomic E-state index is -4.02. The van der Waals surface area contributed by atoms with Gasteiger partial charge in [0.05, 0.1) is 4.91 Å². The second kappa shape index (κ2) is 3.25. The molecule has 0 amide bonds. The number of hydrogen-bond acceptors (Lipinski definition) is 2. The Morgan fingerprint density at radius 1 is 1.67 bits per heavy atom. The van der Waals surface area contributed by atoms with E-state index in [0.29, 0.717) is 6.42 Å². The first-order valence-electron chi connectivity index (χ1n) is 3.52. The maximum Gasteiger partial charge on any atom is 0.294 e. The molecule has 12 heavy (non-hydrogen) atoms. The first-order chi connectivity index (χ1) is 5.54. The van der Waals surface area contributed by atoms with Crippen LogP contribution in [0.5, 0.6) is 0 Å². The number of allylic oxidation sites excluding steroid dienone is 4. The molecule has 0 heterocycles. The standard InChI is InChI=1S/C8H10O3S/c1-2-7-3-5-8(6-4-7)12(9,10)11/h2-3,5-7H,1,4H2,(H,9,10,11). The highest BCUT2D eigenvalue weighted by Crippen LogP contribution is 2.19. The Kier molecular flexibility index (Phi) is 2.49. The van der Waals surface area contributed by atoms with Crippen molar-refractivity contribution in [1.82, 2.24) is 0 Å². The summed E-state index contributed by atoms with van der Waals surface area (Å²) >= 11 is 0. The summed E-state index contributed by atoms with van der Waals surface area (Å²) in [6.45, 7) is 3.58. The van der Waals surface area contributed by atoms with Gasteiger partial charge in [0.15, 0.2) is 0 Å². The lowest BCUT2D eigenvalue weighted by Gasteiger charge is -2.09. The van der Waals surface area contributed by atoms with Gasteiger partial charge in [-0.05, 0) is 18.4 Å². The van der Waals surface area contributed by atoms with E-state index in [2.05, 4.69) is 6.58 Å². The van der Waals surface area contributed by atoms with Gasteiger partial charge in [-0.3, -0.25) is 4.55 Å². The summed E-state index contributed by atoms with van der Waals surface area (Å²) in [5.41, 5.74) is 0. The fourth-order valence-electron chi connectivity index (χ4n) is 0.983. The highest BCUT2D eigenvalue weighted by molar-refractivity contribution is 7.90. The Bertz CT molecular complexity index is 335. The molecule has 0 aromatic carbocycles. The van der Waals surface area contributed by atoms with Gasteiger partial charge in [-0.15, -0.1) is 6.58 Å². The molecule has 1 rings (SSSR count). The number of rotatable bonds is 2. The van der Waals surface area contributed by atoms with Gasteiger partial charge in [0, 0.05) is 0 Å². The fraction of sp³-hybridized carbons (Fsp3) is 0.250. The average Bonchev–Trinajstić information content (AvgIpc) is 2.03. The van der Waals surface area contributed by atoms with Crippen LogP contribution in [0.25, 0.3) is 0 Å². The zero-order chi connectivity index (χ0) is 9.19. The summed E-state index contributed by atoms with van der Waals surface area (Å²) in [7, 11) is -4.02. The van der Waals surface area contributed by atoms with E-state index in [-0.39, 0.29) is 10.8 Å². The van der Waals surface area contributed by atoms with E-state index >= 15 is 0 Å². The molecule has 1 aliphatic carbocycles. The third-order valence-electron chi connectivity index (χ3n) is 1.70. The summed E-state index contributed by atoms with van der Waals surface area (Å²) in [6.07, 6.45) is 6.89. The van der Waals surface area contributed by atoms with Crippen molar-refractivity contribution in [2.24, 2.45) is 5.92 Å². The van der Waals surface area contributed by atoms with Crippen LogP contribution in [0.1, 0.15) is 6.42 Å². The molecule has 3 nitrogen and oxygen atoms in total. The lowest BCUT2D eigenvalue weighted by Crippen LogP contribution is -2.04. The maximum absolute atomic E-state index is 10.6. The van der Waals surface area contributed by atoms with Gasteiger partial charge in [0.2, 0.25) is 0 Å². The lowest BCUT2D eigenvalue weighted by molar-refractivity contribution is 0.491. The third-order valence-corrected chi connectivity index (χ3v) is 2.60. The van der Waals surface area contributed by atoms with Crippen molar-refractivity contribution >= 4 is 10.1 Å². The number of hydrogen-bond donors (Lipinski definition) is 1. The van der Waals surface area contributed by atoms with E-state index in [1.54, 1.807) is 12.2 Å². The van der Waals surface area contributed by atoms with Crippen LogP contribution in [0.3, 0.4) is 0 Å². The molecule has 0 saturated carbocycles. The van der Waals surface area contributed by atoms with Crippen molar-refractivity contribution in [3.05, 3.63) is 35.8 Å². The van der Waals surface area contributed by atoms with E-state index in [4.69, 9.17) is 4.55 Å². The quantitative estimate of drug-likeness (QED) is 0.525. The van der Waals surface area contributed by atoms with Crippen LogP contribution >= 0.6 is 0 Å². The van der Waals surface area contributed by atoms with Crippen LogP contribution in [0.15, 0.2) is 35.8 Å². The Labute approximate surface area is 71.8 Å². The molecule has 0 aliphatic heterocycles. The molecule has 4 heteroatoms. The van der Waals surface area contributed by atoms with Crippen molar-refractivity contribution in [3.8, 4) is 0 Å². The average molecular weight is 186 g/mol. The maximum atomic E-state index is 10.6. The molecule has 0 fully saturated rings. The minimum Gasteiger partial charge on any atom is -0.282 e. The smallest absolute Gasteiger partial charge is 0.282 e. The summed E-state index contributed by atoms with van der Waals surface area (Å²) in [6, 6.07) is 0. The Hall–Kier alpha value is -0.870.